The molecule has 0 saturated carbocycles. The average Bonchev–Trinajstić information content (AvgIpc) is 2.53. The summed E-state index contributed by atoms with van der Waals surface area (Å²) in [6.45, 7) is 6.30. The van der Waals surface area contributed by atoms with Crippen LogP contribution in [0.25, 0.3) is 0 Å². The predicted octanol–water partition coefficient (Wildman–Crippen LogP) is 0.695. The Kier molecular flexibility index (Phi) is 7.62. The fraction of sp³-hybridized carbons (Fsp3) is 0.250. The highest BCUT2D eigenvalue weighted by Gasteiger charge is 2.27. The fourth-order valence-electron chi connectivity index (χ4n) is 1.53. The van der Waals surface area contributed by atoms with E-state index in [0.717, 1.165) is 11.5 Å². The van der Waals surface area contributed by atoms with E-state index in [2.05, 4.69) is 6.58 Å². The maximum atomic E-state index is 12.0. The molecule has 4 nitrogen and oxygen atoms in total. The molecular formula is C16H17B3O4. The lowest BCUT2D eigenvalue weighted by Crippen LogP contribution is -2.42. The summed E-state index contributed by atoms with van der Waals surface area (Å²) in [6, 6.07) is 8.88. The van der Waals surface area contributed by atoms with Gasteiger partial charge >= 0.3 is 13.5 Å². The predicted molar refractivity (Wildman–Crippen MR) is 92.7 cm³/mol. The Balaban J connectivity index is 2.46. The number of carbonyl (C=O) groups excluding carboxylic acids is 2. The smallest absolute Gasteiger partial charge is 0.339 e. The molecule has 0 N–H and O–H groups in total. The van der Waals surface area contributed by atoms with Crippen molar-refractivity contribution in [3.63, 3.8) is 0 Å². The van der Waals surface area contributed by atoms with Crippen molar-refractivity contribution in [1.82, 2.24) is 0 Å². The van der Waals surface area contributed by atoms with Gasteiger partial charge in [-0.15, -0.1) is 5.98 Å². The molecule has 4 radical (unpaired) electrons. The van der Waals surface area contributed by atoms with Crippen molar-refractivity contribution in [2.45, 2.75) is 25.4 Å². The molecule has 0 fully saturated rings. The van der Waals surface area contributed by atoms with Crippen molar-refractivity contribution >= 4 is 39.8 Å². The van der Waals surface area contributed by atoms with Crippen molar-refractivity contribution in [2.24, 2.45) is 0 Å². The summed E-state index contributed by atoms with van der Waals surface area (Å²) in [6.07, 6.45) is 2.38. The minimum atomic E-state index is -1.55. The largest absolute Gasteiger partial charge is 0.466 e. The topological polar surface area (TPSA) is 52.6 Å². The van der Waals surface area contributed by atoms with Crippen molar-refractivity contribution in [3.8, 4) is 0 Å². The first-order valence-corrected chi connectivity index (χ1v) is 7.09. The van der Waals surface area contributed by atoms with Crippen LogP contribution in [0.1, 0.15) is 13.8 Å². The van der Waals surface area contributed by atoms with E-state index in [-0.39, 0.29) is 0 Å². The molecule has 114 valence electrons. The van der Waals surface area contributed by atoms with Gasteiger partial charge in [-0.2, -0.15) is 0 Å². The third-order valence-electron chi connectivity index (χ3n) is 2.80. The van der Waals surface area contributed by atoms with Gasteiger partial charge in [0.05, 0.1) is 11.5 Å². The number of rotatable bonds is 9. The Bertz CT molecular complexity index is 570. The van der Waals surface area contributed by atoms with Crippen LogP contribution in [0.4, 0.5) is 0 Å². The number of carbonyl (C=O) groups is 2. The number of esters is 1. The molecule has 0 amide bonds. The van der Waals surface area contributed by atoms with Crippen LogP contribution >= 0.6 is 0 Å². The zero-order valence-electron chi connectivity index (χ0n) is 13.3. The summed E-state index contributed by atoms with van der Waals surface area (Å²) in [5.41, 5.74) is -0.580. The maximum Gasteiger partial charge on any atom is 0.339 e. The minimum Gasteiger partial charge on any atom is -0.466 e. The highest BCUT2D eigenvalue weighted by atomic mass is 16.6. The minimum absolute atomic E-state index is 0.414. The number of ether oxygens (including phenoxy) is 1. The monoisotopic (exact) mass is 306 g/mol. The first kappa shape index (κ1) is 19.0. The zero-order chi connectivity index (χ0) is 17.3. The van der Waals surface area contributed by atoms with Crippen LogP contribution in [0.5, 0.6) is 0 Å². The average molecular weight is 306 g/mol. The molecular weight excluding hydrogens is 289 g/mol. The zero-order valence-corrected chi connectivity index (χ0v) is 13.3. The third-order valence-corrected chi connectivity index (χ3v) is 2.80. The van der Waals surface area contributed by atoms with Gasteiger partial charge in [0.2, 0.25) is 0 Å². The van der Waals surface area contributed by atoms with Crippen LogP contribution in [0.15, 0.2) is 55.0 Å². The third kappa shape index (κ3) is 7.20. The van der Waals surface area contributed by atoms with Crippen LogP contribution in [0.2, 0.25) is 0 Å². The number of ketones is 1. The molecule has 0 bridgehead atoms. The molecule has 2 atom stereocenters. The van der Waals surface area contributed by atoms with Crippen molar-refractivity contribution < 1.29 is 19.0 Å². The first-order valence-electron chi connectivity index (χ1n) is 7.09. The molecule has 0 aliphatic heterocycles. The molecule has 0 aliphatic rings. The van der Waals surface area contributed by atoms with E-state index in [0.29, 0.717) is 0 Å². The Morgan fingerprint density at radius 3 is 2.61 bits per heavy atom. The van der Waals surface area contributed by atoms with E-state index < -0.39 is 23.3 Å². The Labute approximate surface area is 139 Å². The quantitative estimate of drug-likeness (QED) is 0.383. The molecule has 0 saturated heterocycles. The second-order valence-electron chi connectivity index (χ2n) is 5.01. The van der Waals surface area contributed by atoms with Gasteiger partial charge in [0.15, 0.2) is 13.1 Å². The summed E-state index contributed by atoms with van der Waals surface area (Å²) in [5, 5.41) is 0. The van der Waals surface area contributed by atoms with Crippen LogP contribution in [0.3, 0.4) is 0 Å². The Hall–Kier alpha value is -2.01. The Morgan fingerprint density at radius 1 is 1.35 bits per heavy atom. The fourth-order valence-corrected chi connectivity index (χ4v) is 1.53. The van der Waals surface area contributed by atoms with Gasteiger partial charge < -0.3 is 9.39 Å². The molecule has 0 spiro atoms. The van der Waals surface area contributed by atoms with Gasteiger partial charge in [0.25, 0.3) is 0 Å². The summed E-state index contributed by atoms with van der Waals surface area (Å²) in [4.78, 5) is 23.1. The van der Waals surface area contributed by atoms with E-state index in [1.54, 1.807) is 20.2 Å². The van der Waals surface area contributed by atoms with Crippen LogP contribution in [0, 0.1) is 0 Å². The van der Waals surface area contributed by atoms with Gasteiger partial charge in [-0.3, -0.25) is 4.79 Å². The number of benzene rings is 1. The van der Waals surface area contributed by atoms with Crippen LogP contribution in [-0.4, -0.2) is 45.9 Å². The van der Waals surface area contributed by atoms with Crippen LogP contribution < -0.4 is 5.46 Å². The molecule has 1 rings (SSSR count). The molecule has 23 heavy (non-hydrogen) atoms. The van der Waals surface area contributed by atoms with Gasteiger partial charge in [-0.05, 0) is 19.9 Å². The van der Waals surface area contributed by atoms with Crippen LogP contribution in [-0.2, 0) is 19.0 Å². The standard InChI is InChI=1S/C16H17B3O4/c1-4-15(21)22-12(2)19-23-16(3,17)14(20)10-11-18-13-8-6-5-7-9-13/h4-12H,1H2,2-3H3/b11-10+. The molecule has 0 heterocycles. The highest BCUT2D eigenvalue weighted by molar-refractivity contribution is 6.59. The van der Waals surface area contributed by atoms with Crippen molar-refractivity contribution in [2.75, 3.05) is 0 Å². The second-order valence-corrected chi connectivity index (χ2v) is 5.01. The van der Waals surface area contributed by atoms with Gasteiger partial charge in [-0.1, -0.05) is 42.4 Å². The molecule has 0 aliphatic carbocycles. The summed E-state index contributed by atoms with van der Waals surface area (Å²) >= 11 is 0. The molecule has 7 heteroatoms. The molecule has 2 unspecified atom stereocenters. The second kappa shape index (κ2) is 9.21. The van der Waals surface area contributed by atoms with E-state index >= 15 is 0 Å². The summed E-state index contributed by atoms with van der Waals surface area (Å²) in [7, 11) is 8.81. The van der Waals surface area contributed by atoms with Gasteiger partial charge in [-0.25, -0.2) is 4.79 Å². The SMILES string of the molecule is [B]C(C)(O[B]C(C)OC(=O)C=C)C(=O)/C=C/[B]c1ccccc1. The van der Waals surface area contributed by atoms with Gasteiger partial charge in [0, 0.05) is 6.08 Å². The molecule has 1 aromatic carbocycles. The highest BCUT2D eigenvalue weighted by Crippen LogP contribution is 2.08. The summed E-state index contributed by atoms with van der Waals surface area (Å²) in [5.74, 6) is 0.607. The first-order chi connectivity index (χ1) is 10.8. The van der Waals surface area contributed by atoms with Crippen molar-refractivity contribution in [3.05, 3.63) is 55.0 Å². The number of hydrogen-bond donors (Lipinski definition) is 0. The van der Waals surface area contributed by atoms with E-state index in [1.165, 1.54) is 20.5 Å². The van der Waals surface area contributed by atoms with E-state index in [4.69, 9.17) is 17.2 Å². The van der Waals surface area contributed by atoms with E-state index in [1.807, 2.05) is 30.3 Å². The lowest BCUT2D eigenvalue weighted by Gasteiger charge is -2.24. The Morgan fingerprint density at radius 2 is 2.00 bits per heavy atom. The number of hydrogen-bond acceptors (Lipinski definition) is 4. The van der Waals surface area contributed by atoms with Crippen molar-refractivity contribution in [1.29, 1.82) is 0 Å². The van der Waals surface area contributed by atoms with Gasteiger partial charge in [0.1, 0.15) is 7.85 Å². The lowest BCUT2D eigenvalue weighted by molar-refractivity contribution is -0.139. The molecule has 1 aromatic rings. The molecule has 0 aromatic heterocycles. The summed E-state index contributed by atoms with van der Waals surface area (Å²) < 4.78 is 10.1. The maximum absolute atomic E-state index is 12.0. The normalized spacial score (nSPS) is 14.5. The van der Waals surface area contributed by atoms with E-state index in [9.17, 15) is 9.59 Å². The lowest BCUT2D eigenvalue weighted by atomic mass is 9.69.